The van der Waals surface area contributed by atoms with Crippen LogP contribution in [0.2, 0.25) is 0 Å². The number of rotatable bonds is 4. The van der Waals surface area contributed by atoms with E-state index in [0.717, 1.165) is 22.7 Å². The van der Waals surface area contributed by atoms with Crippen LogP contribution in [0.4, 0.5) is 5.13 Å². The second-order valence-electron chi connectivity index (χ2n) is 5.95. The summed E-state index contributed by atoms with van der Waals surface area (Å²) in [5.74, 6) is 1.20. The van der Waals surface area contributed by atoms with Crippen molar-refractivity contribution in [2.75, 3.05) is 12.1 Å². The summed E-state index contributed by atoms with van der Waals surface area (Å²) in [7, 11) is 0. The molecule has 1 aliphatic rings. The van der Waals surface area contributed by atoms with Crippen molar-refractivity contribution >= 4 is 22.4 Å². The van der Waals surface area contributed by atoms with Crippen molar-refractivity contribution in [1.82, 2.24) is 19.7 Å². The van der Waals surface area contributed by atoms with Gasteiger partial charge in [-0.3, -0.25) is 10.1 Å². The van der Waals surface area contributed by atoms with Crippen molar-refractivity contribution in [2.45, 2.75) is 0 Å². The van der Waals surface area contributed by atoms with E-state index in [9.17, 15) is 4.79 Å². The van der Waals surface area contributed by atoms with Gasteiger partial charge in [0.05, 0.1) is 11.4 Å². The Morgan fingerprint density at radius 2 is 1.96 bits per heavy atom. The molecule has 0 bridgehead atoms. The quantitative estimate of drug-likeness (QED) is 0.574. The predicted molar refractivity (Wildman–Crippen MR) is 103 cm³/mol. The minimum Gasteiger partial charge on any atom is -0.454 e. The smallest absolute Gasteiger partial charge is 0.257 e. The summed E-state index contributed by atoms with van der Waals surface area (Å²) in [5.41, 5.74) is 3.02. The molecule has 9 heteroatoms. The van der Waals surface area contributed by atoms with E-state index in [0.29, 0.717) is 16.4 Å². The highest BCUT2D eigenvalue weighted by molar-refractivity contribution is 7.14. The number of fused-ring (bicyclic) bond motifs is 1. The van der Waals surface area contributed by atoms with Crippen LogP contribution in [0, 0.1) is 0 Å². The molecular formula is C19H13N5O3S. The van der Waals surface area contributed by atoms with E-state index in [1.165, 1.54) is 17.7 Å². The van der Waals surface area contributed by atoms with E-state index in [1.807, 2.05) is 35.7 Å². The van der Waals surface area contributed by atoms with Gasteiger partial charge in [-0.15, -0.1) is 11.3 Å². The van der Waals surface area contributed by atoms with Crippen LogP contribution >= 0.6 is 11.3 Å². The Labute approximate surface area is 163 Å². The van der Waals surface area contributed by atoms with Gasteiger partial charge in [0.2, 0.25) is 6.79 Å². The zero-order valence-electron chi connectivity index (χ0n) is 14.4. The molecule has 0 saturated carbocycles. The number of hydrogen-bond acceptors (Lipinski definition) is 7. The van der Waals surface area contributed by atoms with E-state index in [4.69, 9.17) is 9.47 Å². The lowest BCUT2D eigenvalue weighted by atomic mass is 10.1. The van der Waals surface area contributed by atoms with Gasteiger partial charge in [0.1, 0.15) is 12.7 Å². The monoisotopic (exact) mass is 391 g/mol. The molecule has 1 amide bonds. The Balaban J connectivity index is 1.31. The van der Waals surface area contributed by atoms with Crippen molar-refractivity contribution in [3.63, 3.8) is 0 Å². The second-order valence-corrected chi connectivity index (χ2v) is 6.81. The molecule has 0 fully saturated rings. The van der Waals surface area contributed by atoms with Crippen molar-refractivity contribution in [2.24, 2.45) is 0 Å². The fourth-order valence-corrected chi connectivity index (χ4v) is 3.51. The van der Waals surface area contributed by atoms with E-state index < -0.39 is 0 Å². The molecule has 0 atom stereocenters. The van der Waals surface area contributed by atoms with Crippen molar-refractivity contribution in [3.05, 3.63) is 66.1 Å². The van der Waals surface area contributed by atoms with Crippen LogP contribution in [0.3, 0.4) is 0 Å². The fraction of sp³-hybridized carbons (Fsp3) is 0.0526. The number of hydrogen-bond donors (Lipinski definition) is 1. The van der Waals surface area contributed by atoms with Crippen LogP contribution in [-0.4, -0.2) is 32.4 Å². The van der Waals surface area contributed by atoms with Gasteiger partial charge in [0, 0.05) is 16.5 Å². The maximum absolute atomic E-state index is 12.5. The number of nitrogens with zero attached hydrogens (tertiary/aromatic N) is 4. The molecule has 3 heterocycles. The molecule has 1 N–H and O–H groups in total. The van der Waals surface area contributed by atoms with E-state index in [1.54, 1.807) is 23.1 Å². The number of amides is 1. The first kappa shape index (κ1) is 16.5. The molecule has 0 unspecified atom stereocenters. The van der Waals surface area contributed by atoms with Crippen LogP contribution in [0.15, 0.2) is 60.5 Å². The highest BCUT2D eigenvalue weighted by atomic mass is 32.1. The van der Waals surface area contributed by atoms with E-state index >= 15 is 0 Å². The summed E-state index contributed by atoms with van der Waals surface area (Å²) in [6.45, 7) is 0.229. The highest BCUT2D eigenvalue weighted by Crippen LogP contribution is 2.36. The number of thiazole rings is 1. The Morgan fingerprint density at radius 3 is 2.79 bits per heavy atom. The Morgan fingerprint density at radius 1 is 1.11 bits per heavy atom. The van der Waals surface area contributed by atoms with Gasteiger partial charge >= 0.3 is 0 Å². The number of carbonyl (C=O) groups excluding carboxylic acids is 1. The Bertz CT molecular complexity index is 1140. The Kier molecular flexibility index (Phi) is 3.99. The molecule has 0 radical (unpaired) electrons. The first-order valence-corrected chi connectivity index (χ1v) is 9.26. The second kappa shape index (κ2) is 6.78. The third-order valence-electron chi connectivity index (χ3n) is 4.21. The normalized spacial score (nSPS) is 12.1. The standard InChI is InChI=1S/C19H13N5O3S/c25-18(12-1-4-14(5-2-12)24-10-20-9-21-24)23-19-22-15(8-28-19)13-3-6-16-17(7-13)27-11-26-16/h1-10H,11H2,(H,22,23,25). The molecule has 0 spiro atoms. The van der Waals surface area contributed by atoms with Gasteiger partial charge in [-0.25, -0.2) is 14.6 Å². The molecule has 28 heavy (non-hydrogen) atoms. The Hall–Kier alpha value is -3.72. The molecule has 1 aliphatic heterocycles. The van der Waals surface area contributed by atoms with Gasteiger partial charge in [-0.1, -0.05) is 0 Å². The largest absolute Gasteiger partial charge is 0.454 e. The van der Waals surface area contributed by atoms with Crippen LogP contribution < -0.4 is 14.8 Å². The zero-order chi connectivity index (χ0) is 18.9. The maximum atomic E-state index is 12.5. The van der Waals surface area contributed by atoms with Gasteiger partial charge in [0.15, 0.2) is 16.6 Å². The molecule has 2 aromatic carbocycles. The minimum atomic E-state index is -0.225. The minimum absolute atomic E-state index is 0.225. The summed E-state index contributed by atoms with van der Waals surface area (Å²) in [4.78, 5) is 20.9. The number of aromatic nitrogens is 4. The molecule has 0 aliphatic carbocycles. The first-order chi connectivity index (χ1) is 13.8. The molecule has 8 nitrogen and oxygen atoms in total. The highest BCUT2D eigenvalue weighted by Gasteiger charge is 2.16. The van der Waals surface area contributed by atoms with Gasteiger partial charge in [-0.05, 0) is 42.5 Å². The van der Waals surface area contributed by atoms with Crippen molar-refractivity contribution < 1.29 is 14.3 Å². The third kappa shape index (κ3) is 3.08. The predicted octanol–water partition coefficient (Wildman–Crippen LogP) is 3.37. The average molecular weight is 391 g/mol. The number of benzene rings is 2. The van der Waals surface area contributed by atoms with Crippen LogP contribution in [0.1, 0.15) is 10.4 Å². The van der Waals surface area contributed by atoms with Gasteiger partial charge < -0.3 is 9.47 Å². The topological polar surface area (TPSA) is 91.2 Å². The number of nitrogens with one attached hydrogen (secondary N) is 1. The maximum Gasteiger partial charge on any atom is 0.257 e. The SMILES string of the molecule is O=C(Nc1nc(-c2ccc3c(c2)OCO3)cs1)c1ccc(-n2cncn2)cc1. The zero-order valence-corrected chi connectivity index (χ0v) is 15.2. The third-order valence-corrected chi connectivity index (χ3v) is 4.96. The number of ether oxygens (including phenoxy) is 2. The molecular weight excluding hydrogens is 378 g/mol. The van der Waals surface area contributed by atoms with Crippen molar-refractivity contribution in [1.29, 1.82) is 0 Å². The lowest BCUT2D eigenvalue weighted by molar-refractivity contribution is 0.102. The molecule has 4 aromatic rings. The van der Waals surface area contributed by atoms with Gasteiger partial charge in [0.25, 0.3) is 5.91 Å². The summed E-state index contributed by atoms with van der Waals surface area (Å²) in [6, 6.07) is 12.7. The van der Waals surface area contributed by atoms with E-state index in [-0.39, 0.29) is 12.7 Å². The lowest BCUT2D eigenvalue weighted by Crippen LogP contribution is -2.11. The lowest BCUT2D eigenvalue weighted by Gasteiger charge is -2.04. The number of anilines is 1. The van der Waals surface area contributed by atoms with Crippen LogP contribution in [0.5, 0.6) is 11.5 Å². The summed E-state index contributed by atoms with van der Waals surface area (Å²) in [5, 5.41) is 9.31. The van der Waals surface area contributed by atoms with Crippen molar-refractivity contribution in [3.8, 4) is 28.4 Å². The first-order valence-electron chi connectivity index (χ1n) is 8.38. The fourth-order valence-electron chi connectivity index (χ4n) is 2.80. The number of carbonyl (C=O) groups is 1. The van der Waals surface area contributed by atoms with Gasteiger partial charge in [-0.2, -0.15) is 5.10 Å². The molecule has 0 saturated heterocycles. The van der Waals surface area contributed by atoms with Crippen LogP contribution in [0.25, 0.3) is 16.9 Å². The molecule has 5 rings (SSSR count). The molecule has 138 valence electrons. The van der Waals surface area contributed by atoms with Crippen LogP contribution in [-0.2, 0) is 0 Å². The average Bonchev–Trinajstić information content (AvgIpc) is 3.48. The summed E-state index contributed by atoms with van der Waals surface area (Å²) < 4.78 is 12.3. The summed E-state index contributed by atoms with van der Waals surface area (Å²) in [6.07, 6.45) is 3.06. The molecule has 2 aromatic heterocycles. The summed E-state index contributed by atoms with van der Waals surface area (Å²) >= 11 is 1.36. The van der Waals surface area contributed by atoms with E-state index in [2.05, 4.69) is 20.4 Å².